The lowest BCUT2D eigenvalue weighted by atomic mass is 10.1. The van der Waals surface area contributed by atoms with E-state index >= 15 is 0 Å². The molecule has 0 spiro atoms. The van der Waals surface area contributed by atoms with Crippen LogP contribution in [0.1, 0.15) is 18.0 Å². The molecule has 1 rings (SSSR count). The summed E-state index contributed by atoms with van der Waals surface area (Å²) in [6.45, 7) is 0. The molecule has 4 heteroatoms. The van der Waals surface area contributed by atoms with E-state index < -0.39 is 6.04 Å². The van der Waals surface area contributed by atoms with Gasteiger partial charge in [-0.15, -0.1) is 0 Å². The molecule has 0 saturated heterocycles. The van der Waals surface area contributed by atoms with Crippen molar-refractivity contribution >= 4 is 23.2 Å². The van der Waals surface area contributed by atoms with Gasteiger partial charge < -0.3 is 5.73 Å². The molecule has 0 fully saturated rings. The molecule has 0 aliphatic rings. The van der Waals surface area contributed by atoms with Gasteiger partial charge in [0.05, 0.1) is 12.5 Å². The highest BCUT2D eigenvalue weighted by molar-refractivity contribution is 6.36. The first-order valence-electron chi connectivity index (χ1n) is 3.73. The summed E-state index contributed by atoms with van der Waals surface area (Å²) in [4.78, 5) is 0. The van der Waals surface area contributed by atoms with E-state index in [1.807, 2.05) is 6.07 Å². The maximum atomic E-state index is 8.46. The smallest absolute Gasteiger partial charge is 0.0641 e. The van der Waals surface area contributed by atoms with E-state index in [0.29, 0.717) is 15.6 Å². The fourth-order valence-electron chi connectivity index (χ4n) is 1.07. The molecule has 2 N–H and O–H groups in total. The summed E-state index contributed by atoms with van der Waals surface area (Å²) < 4.78 is 0. The van der Waals surface area contributed by atoms with Gasteiger partial charge in [0, 0.05) is 21.7 Å². The van der Waals surface area contributed by atoms with Gasteiger partial charge in [0.1, 0.15) is 0 Å². The number of nitrogens with zero attached hydrogens (tertiary/aromatic N) is 1. The molecule has 2 nitrogen and oxygen atoms in total. The Balaban J connectivity index is 3.06. The van der Waals surface area contributed by atoms with Crippen LogP contribution < -0.4 is 5.73 Å². The van der Waals surface area contributed by atoms with Crippen LogP contribution in [0.5, 0.6) is 0 Å². The molecule has 0 bridgehead atoms. The van der Waals surface area contributed by atoms with Crippen LogP contribution >= 0.6 is 23.2 Å². The highest BCUT2D eigenvalue weighted by atomic mass is 35.5. The van der Waals surface area contributed by atoms with Gasteiger partial charge in [0.2, 0.25) is 0 Å². The fourth-order valence-corrected chi connectivity index (χ4v) is 1.74. The van der Waals surface area contributed by atoms with Crippen molar-refractivity contribution in [3.8, 4) is 6.07 Å². The Morgan fingerprint density at radius 3 is 2.38 bits per heavy atom. The van der Waals surface area contributed by atoms with E-state index in [2.05, 4.69) is 0 Å². The summed E-state index contributed by atoms with van der Waals surface area (Å²) in [6, 6.07) is 6.73. The molecule has 0 amide bonds. The van der Waals surface area contributed by atoms with E-state index in [1.165, 1.54) is 0 Å². The summed E-state index contributed by atoms with van der Waals surface area (Å²) >= 11 is 11.8. The van der Waals surface area contributed by atoms with Crippen molar-refractivity contribution in [3.63, 3.8) is 0 Å². The van der Waals surface area contributed by atoms with Crippen LogP contribution in [0.3, 0.4) is 0 Å². The van der Waals surface area contributed by atoms with E-state index in [1.54, 1.807) is 18.2 Å². The van der Waals surface area contributed by atoms with Crippen molar-refractivity contribution in [1.82, 2.24) is 0 Å². The van der Waals surface area contributed by atoms with Gasteiger partial charge in [-0.1, -0.05) is 29.3 Å². The highest BCUT2D eigenvalue weighted by Crippen LogP contribution is 2.30. The number of nitrogens with two attached hydrogens (primary N) is 1. The van der Waals surface area contributed by atoms with Crippen molar-refractivity contribution in [2.75, 3.05) is 0 Å². The van der Waals surface area contributed by atoms with E-state index in [-0.39, 0.29) is 6.42 Å². The molecular weight excluding hydrogens is 207 g/mol. The number of benzene rings is 1. The maximum absolute atomic E-state index is 8.46. The first kappa shape index (κ1) is 10.3. The maximum Gasteiger partial charge on any atom is 0.0641 e. The summed E-state index contributed by atoms with van der Waals surface area (Å²) in [5.74, 6) is 0. The largest absolute Gasteiger partial charge is 0.323 e. The van der Waals surface area contributed by atoms with E-state index in [4.69, 9.17) is 34.2 Å². The van der Waals surface area contributed by atoms with Crippen molar-refractivity contribution < 1.29 is 0 Å². The molecule has 1 atom stereocenters. The fraction of sp³-hybridized carbons (Fsp3) is 0.222. The average Bonchev–Trinajstić information content (AvgIpc) is 2.04. The van der Waals surface area contributed by atoms with Gasteiger partial charge >= 0.3 is 0 Å². The molecule has 0 radical (unpaired) electrons. The average molecular weight is 215 g/mol. The van der Waals surface area contributed by atoms with Crippen LogP contribution in [0, 0.1) is 11.3 Å². The second kappa shape index (κ2) is 4.48. The van der Waals surface area contributed by atoms with Gasteiger partial charge in [0.25, 0.3) is 0 Å². The van der Waals surface area contributed by atoms with Gasteiger partial charge in [-0.05, 0) is 12.1 Å². The third-order valence-electron chi connectivity index (χ3n) is 1.68. The number of hydrogen-bond acceptors (Lipinski definition) is 2. The molecular formula is C9H8Cl2N2. The normalized spacial score (nSPS) is 12.2. The second-order valence-electron chi connectivity index (χ2n) is 2.60. The lowest BCUT2D eigenvalue weighted by Crippen LogP contribution is -2.10. The lowest BCUT2D eigenvalue weighted by Gasteiger charge is -2.11. The Bertz CT molecular complexity index is 324. The molecule has 13 heavy (non-hydrogen) atoms. The molecule has 0 aliphatic carbocycles. The monoisotopic (exact) mass is 214 g/mol. The van der Waals surface area contributed by atoms with Crippen LogP contribution in [0.15, 0.2) is 18.2 Å². The summed E-state index contributed by atoms with van der Waals surface area (Å²) in [7, 11) is 0. The Morgan fingerprint density at radius 2 is 1.92 bits per heavy atom. The molecule has 0 saturated carbocycles. The van der Waals surface area contributed by atoms with Gasteiger partial charge in [-0.3, -0.25) is 0 Å². The predicted octanol–water partition coefficient (Wildman–Crippen LogP) is 2.91. The summed E-state index contributed by atoms with van der Waals surface area (Å²) in [5, 5.41) is 9.48. The zero-order chi connectivity index (χ0) is 9.84. The third kappa shape index (κ3) is 2.35. The van der Waals surface area contributed by atoms with Crippen molar-refractivity contribution in [1.29, 1.82) is 5.26 Å². The van der Waals surface area contributed by atoms with Gasteiger partial charge in [0.15, 0.2) is 0 Å². The van der Waals surface area contributed by atoms with Crippen molar-refractivity contribution in [2.45, 2.75) is 12.5 Å². The number of rotatable bonds is 2. The van der Waals surface area contributed by atoms with Gasteiger partial charge in [-0.25, -0.2) is 0 Å². The Hall–Kier alpha value is -0.750. The Labute approximate surface area is 86.9 Å². The minimum atomic E-state index is -0.411. The van der Waals surface area contributed by atoms with E-state index in [0.717, 1.165) is 0 Å². The first-order chi connectivity index (χ1) is 6.16. The zero-order valence-corrected chi connectivity index (χ0v) is 8.31. The standard InChI is InChI=1S/C9H8Cl2N2/c10-6-2-1-3-7(11)9(6)8(13)4-5-12/h1-3,8H,4,13H2. The minimum Gasteiger partial charge on any atom is -0.323 e. The summed E-state index contributed by atoms with van der Waals surface area (Å²) in [5.41, 5.74) is 6.36. The number of nitriles is 1. The van der Waals surface area contributed by atoms with Crippen LogP contribution in [-0.2, 0) is 0 Å². The van der Waals surface area contributed by atoms with Gasteiger partial charge in [-0.2, -0.15) is 5.26 Å². The Morgan fingerprint density at radius 1 is 1.38 bits per heavy atom. The molecule has 1 aromatic rings. The Kier molecular flexibility index (Phi) is 3.56. The van der Waals surface area contributed by atoms with Crippen LogP contribution in [0.2, 0.25) is 10.0 Å². The quantitative estimate of drug-likeness (QED) is 0.824. The topological polar surface area (TPSA) is 49.8 Å². The van der Waals surface area contributed by atoms with Crippen molar-refractivity contribution in [2.24, 2.45) is 5.73 Å². The third-order valence-corrected chi connectivity index (χ3v) is 2.34. The summed E-state index contributed by atoms with van der Waals surface area (Å²) in [6.07, 6.45) is 0.212. The SMILES string of the molecule is N#CCC(N)c1c(Cl)cccc1Cl. The molecule has 1 aromatic carbocycles. The minimum absolute atomic E-state index is 0.212. The van der Waals surface area contributed by atoms with E-state index in [9.17, 15) is 0 Å². The molecule has 0 heterocycles. The lowest BCUT2D eigenvalue weighted by molar-refractivity contribution is 0.749. The van der Waals surface area contributed by atoms with Crippen LogP contribution in [0.4, 0.5) is 0 Å². The van der Waals surface area contributed by atoms with Crippen molar-refractivity contribution in [3.05, 3.63) is 33.8 Å². The second-order valence-corrected chi connectivity index (χ2v) is 3.42. The zero-order valence-electron chi connectivity index (χ0n) is 6.80. The molecule has 1 unspecified atom stereocenters. The number of hydrogen-bond donors (Lipinski definition) is 1. The first-order valence-corrected chi connectivity index (χ1v) is 4.49. The molecule has 68 valence electrons. The van der Waals surface area contributed by atoms with Crippen LogP contribution in [0.25, 0.3) is 0 Å². The molecule has 0 aromatic heterocycles. The van der Waals surface area contributed by atoms with Crippen LogP contribution in [-0.4, -0.2) is 0 Å². The molecule has 0 aliphatic heterocycles. The highest BCUT2D eigenvalue weighted by Gasteiger charge is 2.12. The predicted molar refractivity (Wildman–Crippen MR) is 53.6 cm³/mol. The number of halogens is 2.